The molecule has 0 radical (unpaired) electrons. The van der Waals surface area contributed by atoms with E-state index in [9.17, 15) is 14.4 Å². The van der Waals surface area contributed by atoms with Gasteiger partial charge in [0, 0.05) is 18.9 Å². The molecule has 29 heavy (non-hydrogen) atoms. The molecule has 0 bridgehead atoms. The minimum absolute atomic E-state index is 0.218. The van der Waals surface area contributed by atoms with Crippen LogP contribution >= 0.6 is 0 Å². The van der Waals surface area contributed by atoms with Crippen molar-refractivity contribution in [3.05, 3.63) is 64.7 Å². The number of hydrogen-bond acceptors (Lipinski definition) is 7. The highest BCUT2D eigenvalue weighted by atomic mass is 16.5. The predicted molar refractivity (Wildman–Crippen MR) is 105 cm³/mol. The second-order valence-corrected chi connectivity index (χ2v) is 6.00. The summed E-state index contributed by atoms with van der Waals surface area (Å²) < 4.78 is 4.73. The van der Waals surface area contributed by atoms with Gasteiger partial charge in [-0.2, -0.15) is 0 Å². The SMILES string of the molecule is COC(=O)C(CCCCNC(=O)c1cccnc1)[N-]C(=O)c1ccc([N-]N)nc1. The van der Waals surface area contributed by atoms with E-state index >= 15 is 0 Å². The number of amides is 2. The fraction of sp³-hybridized carbons (Fsp3) is 0.316. The Hall–Kier alpha value is -3.53. The normalized spacial score (nSPS) is 11.2. The molecule has 0 aliphatic heterocycles. The van der Waals surface area contributed by atoms with Crippen LogP contribution in [-0.4, -0.2) is 47.4 Å². The number of esters is 1. The van der Waals surface area contributed by atoms with Crippen molar-refractivity contribution in [1.82, 2.24) is 15.3 Å². The van der Waals surface area contributed by atoms with Gasteiger partial charge in [0.1, 0.15) is 0 Å². The summed E-state index contributed by atoms with van der Waals surface area (Å²) in [6, 6.07) is 5.37. The maximum absolute atomic E-state index is 12.3. The number of aromatic nitrogens is 2. The average Bonchev–Trinajstić information content (AvgIpc) is 2.77. The summed E-state index contributed by atoms with van der Waals surface area (Å²) in [5.74, 6) is 3.99. The quantitative estimate of drug-likeness (QED) is 0.269. The second kappa shape index (κ2) is 11.3. The summed E-state index contributed by atoms with van der Waals surface area (Å²) in [6.07, 6.45) is 5.85. The lowest BCUT2D eigenvalue weighted by molar-refractivity contribution is -0.141. The lowest BCUT2D eigenvalue weighted by Crippen LogP contribution is -2.26. The molecule has 2 aromatic heterocycles. The second-order valence-electron chi connectivity index (χ2n) is 6.00. The van der Waals surface area contributed by atoms with E-state index in [1.165, 1.54) is 31.6 Å². The van der Waals surface area contributed by atoms with Crippen molar-refractivity contribution in [2.75, 3.05) is 13.7 Å². The highest BCUT2D eigenvalue weighted by Crippen LogP contribution is 2.17. The van der Waals surface area contributed by atoms with Crippen LogP contribution in [0.3, 0.4) is 0 Å². The zero-order chi connectivity index (χ0) is 21.1. The summed E-state index contributed by atoms with van der Waals surface area (Å²) >= 11 is 0. The number of nitrogens with one attached hydrogen (secondary N) is 1. The first-order chi connectivity index (χ1) is 14.0. The Morgan fingerprint density at radius 2 is 2.00 bits per heavy atom. The lowest BCUT2D eigenvalue weighted by Gasteiger charge is -2.29. The lowest BCUT2D eigenvalue weighted by atomic mass is 10.1. The van der Waals surface area contributed by atoms with Crippen LogP contribution in [0.25, 0.3) is 10.7 Å². The Kier molecular flexibility index (Phi) is 8.51. The Morgan fingerprint density at radius 1 is 1.17 bits per heavy atom. The zero-order valence-corrected chi connectivity index (χ0v) is 15.9. The molecule has 0 aromatic carbocycles. The smallest absolute Gasteiger partial charge is 0.290 e. The number of ether oxygens (including phenoxy) is 1. The molecule has 1 unspecified atom stereocenters. The van der Waals surface area contributed by atoms with Crippen LogP contribution in [0.2, 0.25) is 0 Å². The van der Waals surface area contributed by atoms with E-state index in [0.717, 1.165) is 0 Å². The number of hydrogen-bond donors (Lipinski definition) is 2. The summed E-state index contributed by atoms with van der Waals surface area (Å²) in [6.45, 7) is 0.420. The number of rotatable bonds is 10. The van der Waals surface area contributed by atoms with Gasteiger partial charge in [-0.15, -0.1) is 0 Å². The molecular weight excluding hydrogens is 376 g/mol. The monoisotopic (exact) mass is 398 g/mol. The van der Waals surface area contributed by atoms with Crippen LogP contribution in [0.1, 0.15) is 40.0 Å². The first-order valence-corrected chi connectivity index (χ1v) is 8.93. The number of carbonyl (C=O) groups excluding carboxylic acids is 3. The van der Waals surface area contributed by atoms with Crippen LogP contribution in [-0.2, 0) is 9.53 Å². The first-order valence-electron chi connectivity index (χ1n) is 8.93. The van der Waals surface area contributed by atoms with Crippen molar-refractivity contribution in [2.24, 2.45) is 5.84 Å². The Bertz CT molecular complexity index is 813. The van der Waals surface area contributed by atoms with E-state index in [0.29, 0.717) is 31.4 Å². The molecule has 1 atom stereocenters. The maximum Gasteiger partial charge on any atom is 0.290 e. The summed E-state index contributed by atoms with van der Waals surface area (Å²) in [5, 5.41) is 6.72. The van der Waals surface area contributed by atoms with Crippen molar-refractivity contribution in [1.29, 1.82) is 0 Å². The third-order valence-electron chi connectivity index (χ3n) is 3.99. The van der Waals surface area contributed by atoms with Gasteiger partial charge in [-0.3, -0.25) is 14.6 Å². The fourth-order valence-electron chi connectivity index (χ4n) is 2.44. The molecule has 0 saturated heterocycles. The van der Waals surface area contributed by atoms with Gasteiger partial charge in [0.2, 0.25) is 0 Å². The van der Waals surface area contributed by atoms with Crippen molar-refractivity contribution in [3.63, 3.8) is 0 Å². The van der Waals surface area contributed by atoms with Crippen LogP contribution in [0.4, 0.5) is 5.82 Å². The molecule has 2 aromatic rings. The van der Waals surface area contributed by atoms with Gasteiger partial charge in [0.25, 0.3) is 11.9 Å². The largest absolute Gasteiger partial charge is 0.638 e. The molecule has 3 N–H and O–H groups in total. The molecule has 10 heteroatoms. The van der Waals surface area contributed by atoms with Crippen molar-refractivity contribution in [2.45, 2.75) is 25.3 Å². The number of nitrogens with two attached hydrogens (primary N) is 1. The summed E-state index contributed by atoms with van der Waals surface area (Å²) in [5.41, 5.74) is 4.09. The Balaban J connectivity index is 1.80. The van der Waals surface area contributed by atoms with Crippen LogP contribution in [0, 0.1) is 0 Å². The van der Waals surface area contributed by atoms with Gasteiger partial charge in [-0.1, -0.05) is 31.2 Å². The van der Waals surface area contributed by atoms with E-state index in [4.69, 9.17) is 10.6 Å². The summed E-state index contributed by atoms with van der Waals surface area (Å²) in [7, 11) is 1.24. The van der Waals surface area contributed by atoms with Gasteiger partial charge >= 0.3 is 0 Å². The molecule has 0 saturated carbocycles. The molecule has 0 spiro atoms. The Morgan fingerprint density at radius 3 is 2.62 bits per heavy atom. The van der Waals surface area contributed by atoms with Crippen molar-refractivity contribution < 1.29 is 19.1 Å². The minimum Gasteiger partial charge on any atom is -0.638 e. The molecule has 0 fully saturated rings. The van der Waals surface area contributed by atoms with Gasteiger partial charge in [0.15, 0.2) is 0 Å². The van der Waals surface area contributed by atoms with E-state index in [2.05, 4.69) is 26.0 Å². The van der Waals surface area contributed by atoms with E-state index in [-0.39, 0.29) is 17.3 Å². The standard InChI is InChI=1S/C19H24N6O4/c1-29-19(28)15(24-18(27)14-7-8-16(25-20)23-12-14)6-2-3-10-22-17(26)13-5-4-9-21-11-13/h4-5,7-9,11-12,15H,2-3,6,10,20H2,1H3,(H3,22,23,24,25,26,27)/p-2. The Labute approximate surface area is 168 Å². The molecule has 10 nitrogen and oxygen atoms in total. The first kappa shape index (κ1) is 21.8. The number of carbonyl (C=O) groups is 3. The molecule has 154 valence electrons. The predicted octanol–water partition coefficient (Wildman–Crippen LogP) is 2.01. The molecular formula is C19H22N6O4-2. The number of unbranched alkanes of at least 4 members (excludes halogenated alkanes) is 1. The molecule has 0 aliphatic carbocycles. The van der Waals surface area contributed by atoms with E-state index < -0.39 is 17.9 Å². The van der Waals surface area contributed by atoms with Crippen LogP contribution in [0.5, 0.6) is 0 Å². The minimum atomic E-state index is -0.930. The summed E-state index contributed by atoms with van der Waals surface area (Å²) in [4.78, 5) is 43.9. The third-order valence-corrected chi connectivity index (χ3v) is 3.99. The van der Waals surface area contributed by atoms with Gasteiger partial charge in [-0.25, -0.2) is 0 Å². The van der Waals surface area contributed by atoms with Crippen LogP contribution < -0.4 is 11.2 Å². The zero-order valence-electron chi connectivity index (χ0n) is 15.9. The van der Waals surface area contributed by atoms with E-state index in [1.54, 1.807) is 18.3 Å². The fourth-order valence-corrected chi connectivity index (χ4v) is 2.44. The van der Waals surface area contributed by atoms with Gasteiger partial charge in [-0.05, 0) is 36.0 Å². The van der Waals surface area contributed by atoms with Gasteiger partial charge < -0.3 is 36.4 Å². The molecule has 0 aliphatic rings. The highest BCUT2D eigenvalue weighted by molar-refractivity contribution is 6.07. The number of nitrogens with zero attached hydrogens (tertiary/aromatic N) is 4. The molecule has 2 rings (SSSR count). The maximum atomic E-state index is 12.3. The highest BCUT2D eigenvalue weighted by Gasteiger charge is 2.12. The number of methoxy groups -OCH3 is 1. The number of pyridine rings is 2. The van der Waals surface area contributed by atoms with Gasteiger partial charge in [0.05, 0.1) is 18.6 Å². The third kappa shape index (κ3) is 6.85. The average molecular weight is 398 g/mol. The van der Waals surface area contributed by atoms with Crippen molar-refractivity contribution >= 4 is 23.6 Å². The molecule has 2 amide bonds. The van der Waals surface area contributed by atoms with E-state index in [1.807, 2.05) is 0 Å². The topological polar surface area (TPSA) is 152 Å². The van der Waals surface area contributed by atoms with Crippen LogP contribution in [0.15, 0.2) is 42.9 Å². The van der Waals surface area contributed by atoms with Crippen molar-refractivity contribution in [3.8, 4) is 0 Å². The molecule has 2 heterocycles.